The Kier molecular flexibility index (Phi) is 6.50. The molecular formula is C17H23ClN6O3. The third kappa shape index (κ3) is 4.81. The van der Waals surface area contributed by atoms with Crippen molar-refractivity contribution in [2.45, 2.75) is 39.7 Å². The van der Waals surface area contributed by atoms with Gasteiger partial charge in [-0.05, 0) is 46.2 Å². The van der Waals surface area contributed by atoms with Crippen molar-refractivity contribution in [3.63, 3.8) is 0 Å². The molecule has 1 aliphatic rings. The minimum absolute atomic E-state index is 0. The van der Waals surface area contributed by atoms with E-state index in [9.17, 15) is 14.7 Å². The second-order valence-corrected chi connectivity index (χ2v) is 6.55. The van der Waals surface area contributed by atoms with Gasteiger partial charge in [0.05, 0.1) is 12.2 Å². The van der Waals surface area contributed by atoms with Crippen molar-refractivity contribution in [3.8, 4) is 5.95 Å². The molecule has 0 aromatic carbocycles. The molecule has 10 heteroatoms. The fourth-order valence-electron chi connectivity index (χ4n) is 3.20. The van der Waals surface area contributed by atoms with Crippen molar-refractivity contribution in [1.82, 2.24) is 24.6 Å². The Morgan fingerprint density at radius 1 is 1.19 bits per heavy atom. The SMILES string of the molecule is Cc1cc(C)nc(-n2nc(C)cc2NC(=O)CN2CCCC2C(=O)O)n1.Cl. The van der Waals surface area contributed by atoms with E-state index in [0.717, 1.165) is 17.8 Å². The number of nitrogens with one attached hydrogen (secondary N) is 1. The number of halogens is 1. The monoisotopic (exact) mass is 394 g/mol. The predicted molar refractivity (Wildman–Crippen MR) is 101 cm³/mol. The van der Waals surface area contributed by atoms with E-state index in [1.54, 1.807) is 11.0 Å². The fraction of sp³-hybridized carbons (Fsp3) is 0.471. The topological polar surface area (TPSA) is 113 Å². The Labute approximate surface area is 163 Å². The van der Waals surface area contributed by atoms with E-state index in [1.165, 1.54) is 4.68 Å². The standard InChI is InChI=1S/C17H22N6O3.ClH/c1-10-7-11(2)19-17(18-10)23-14(8-12(3)21-23)20-15(24)9-22-6-4-5-13(22)16(25)26;/h7-8,13H,4-6,9H2,1-3H3,(H,20,24)(H,25,26);1H. The zero-order chi connectivity index (χ0) is 18.8. The molecule has 9 nitrogen and oxygen atoms in total. The molecule has 3 heterocycles. The Bertz CT molecular complexity index is 833. The van der Waals surface area contributed by atoms with Crippen molar-refractivity contribution < 1.29 is 14.7 Å². The number of carbonyl (C=O) groups is 2. The van der Waals surface area contributed by atoms with Gasteiger partial charge in [0.1, 0.15) is 11.9 Å². The van der Waals surface area contributed by atoms with Gasteiger partial charge < -0.3 is 10.4 Å². The summed E-state index contributed by atoms with van der Waals surface area (Å²) in [6.45, 7) is 6.17. The molecule has 1 aliphatic heterocycles. The summed E-state index contributed by atoms with van der Waals surface area (Å²) in [6.07, 6.45) is 1.34. The van der Waals surface area contributed by atoms with E-state index < -0.39 is 12.0 Å². The van der Waals surface area contributed by atoms with Crippen LogP contribution in [-0.2, 0) is 9.59 Å². The van der Waals surface area contributed by atoms with E-state index in [1.807, 2.05) is 26.8 Å². The number of rotatable bonds is 5. The maximum absolute atomic E-state index is 12.4. The highest BCUT2D eigenvalue weighted by Gasteiger charge is 2.31. The maximum atomic E-state index is 12.4. The number of hydrogen-bond acceptors (Lipinski definition) is 6. The lowest BCUT2D eigenvalue weighted by molar-refractivity contribution is -0.142. The predicted octanol–water partition coefficient (Wildman–Crippen LogP) is 1.50. The third-order valence-corrected chi connectivity index (χ3v) is 4.25. The number of carboxylic acids is 1. The van der Waals surface area contributed by atoms with E-state index in [4.69, 9.17) is 0 Å². The second kappa shape index (κ2) is 8.45. The second-order valence-electron chi connectivity index (χ2n) is 6.55. The number of likely N-dealkylation sites (tertiary alicyclic amines) is 1. The summed E-state index contributed by atoms with van der Waals surface area (Å²) in [6, 6.07) is 2.99. The summed E-state index contributed by atoms with van der Waals surface area (Å²) in [5, 5.41) is 16.4. The van der Waals surface area contributed by atoms with Crippen molar-refractivity contribution in [2.24, 2.45) is 0 Å². The molecule has 2 aromatic rings. The van der Waals surface area contributed by atoms with E-state index in [-0.39, 0.29) is 24.9 Å². The Morgan fingerprint density at radius 2 is 1.85 bits per heavy atom. The number of nitrogens with zero attached hydrogens (tertiary/aromatic N) is 5. The largest absolute Gasteiger partial charge is 0.480 e. The molecule has 2 aromatic heterocycles. The number of aliphatic carboxylic acids is 1. The molecule has 1 saturated heterocycles. The summed E-state index contributed by atoms with van der Waals surface area (Å²) in [5.41, 5.74) is 2.33. The first-order chi connectivity index (χ1) is 12.3. The van der Waals surface area contributed by atoms with Gasteiger partial charge in [-0.15, -0.1) is 12.4 Å². The molecule has 0 saturated carbocycles. The Hall–Kier alpha value is -2.52. The molecule has 0 radical (unpaired) electrons. The number of carbonyl (C=O) groups excluding carboxylic acids is 1. The van der Waals surface area contributed by atoms with Gasteiger partial charge in [0.25, 0.3) is 5.95 Å². The van der Waals surface area contributed by atoms with Crippen LogP contribution in [0.25, 0.3) is 5.95 Å². The minimum Gasteiger partial charge on any atom is -0.480 e. The Morgan fingerprint density at radius 3 is 2.48 bits per heavy atom. The first-order valence-electron chi connectivity index (χ1n) is 8.49. The summed E-state index contributed by atoms with van der Waals surface area (Å²) in [5.74, 6) is -0.331. The van der Waals surface area contributed by atoms with Crippen LogP contribution in [0.3, 0.4) is 0 Å². The highest BCUT2D eigenvalue weighted by atomic mass is 35.5. The van der Waals surface area contributed by atoms with Crippen LogP contribution in [0.1, 0.15) is 29.9 Å². The lowest BCUT2D eigenvalue weighted by atomic mass is 10.2. The molecular weight excluding hydrogens is 372 g/mol. The third-order valence-electron chi connectivity index (χ3n) is 4.25. The molecule has 0 aliphatic carbocycles. The Balaban J connectivity index is 0.00000261. The molecule has 1 unspecified atom stereocenters. The number of aryl methyl sites for hydroxylation is 3. The molecule has 1 amide bonds. The molecule has 0 bridgehead atoms. The van der Waals surface area contributed by atoms with Gasteiger partial charge in [0, 0.05) is 17.5 Å². The number of amides is 1. The van der Waals surface area contributed by atoms with Crippen molar-refractivity contribution in [2.75, 3.05) is 18.4 Å². The van der Waals surface area contributed by atoms with Gasteiger partial charge in [-0.3, -0.25) is 14.5 Å². The fourth-order valence-corrected chi connectivity index (χ4v) is 3.20. The quantitative estimate of drug-likeness (QED) is 0.789. The first kappa shape index (κ1) is 20.8. The van der Waals surface area contributed by atoms with Crippen LogP contribution in [0.15, 0.2) is 12.1 Å². The summed E-state index contributed by atoms with van der Waals surface area (Å²) >= 11 is 0. The minimum atomic E-state index is -0.889. The molecule has 1 fully saturated rings. The molecule has 3 rings (SSSR count). The highest BCUT2D eigenvalue weighted by Crippen LogP contribution is 2.18. The lowest BCUT2D eigenvalue weighted by Crippen LogP contribution is -2.41. The molecule has 146 valence electrons. The van der Waals surface area contributed by atoms with Crippen LogP contribution in [0, 0.1) is 20.8 Å². The lowest BCUT2D eigenvalue weighted by Gasteiger charge is -2.20. The van der Waals surface area contributed by atoms with Crippen molar-refractivity contribution in [3.05, 3.63) is 29.2 Å². The zero-order valence-corrected chi connectivity index (χ0v) is 16.3. The maximum Gasteiger partial charge on any atom is 0.320 e. The number of anilines is 1. The van der Waals surface area contributed by atoms with Gasteiger partial charge in [-0.2, -0.15) is 9.78 Å². The van der Waals surface area contributed by atoms with E-state index in [0.29, 0.717) is 30.4 Å². The van der Waals surface area contributed by atoms with Crippen LogP contribution in [0.5, 0.6) is 0 Å². The highest BCUT2D eigenvalue weighted by molar-refractivity contribution is 5.92. The van der Waals surface area contributed by atoms with Gasteiger partial charge in [0.2, 0.25) is 5.91 Å². The number of aromatic nitrogens is 4. The average molecular weight is 395 g/mol. The normalized spacial score (nSPS) is 16.8. The van der Waals surface area contributed by atoms with Crippen molar-refractivity contribution >= 4 is 30.1 Å². The van der Waals surface area contributed by atoms with Crippen LogP contribution < -0.4 is 5.32 Å². The number of hydrogen-bond donors (Lipinski definition) is 2. The van der Waals surface area contributed by atoms with Crippen LogP contribution in [0.2, 0.25) is 0 Å². The molecule has 0 spiro atoms. The van der Waals surface area contributed by atoms with Gasteiger partial charge in [-0.25, -0.2) is 9.97 Å². The van der Waals surface area contributed by atoms with E-state index >= 15 is 0 Å². The van der Waals surface area contributed by atoms with Gasteiger partial charge >= 0.3 is 5.97 Å². The smallest absolute Gasteiger partial charge is 0.320 e. The van der Waals surface area contributed by atoms with E-state index in [2.05, 4.69) is 20.4 Å². The number of carboxylic acid groups (broad SMARTS) is 1. The van der Waals surface area contributed by atoms with Crippen molar-refractivity contribution in [1.29, 1.82) is 0 Å². The van der Waals surface area contributed by atoms with Crippen LogP contribution in [-0.4, -0.2) is 60.8 Å². The summed E-state index contributed by atoms with van der Waals surface area (Å²) in [4.78, 5) is 34.1. The summed E-state index contributed by atoms with van der Waals surface area (Å²) in [7, 11) is 0. The molecule has 27 heavy (non-hydrogen) atoms. The summed E-state index contributed by atoms with van der Waals surface area (Å²) < 4.78 is 1.49. The average Bonchev–Trinajstić information content (AvgIpc) is 3.12. The van der Waals surface area contributed by atoms with Gasteiger partial charge in [0.15, 0.2) is 0 Å². The van der Waals surface area contributed by atoms with Crippen LogP contribution in [0.4, 0.5) is 5.82 Å². The van der Waals surface area contributed by atoms with Gasteiger partial charge in [-0.1, -0.05) is 0 Å². The first-order valence-corrected chi connectivity index (χ1v) is 8.49. The molecule has 1 atom stereocenters. The van der Waals surface area contributed by atoms with Crippen LogP contribution >= 0.6 is 12.4 Å². The zero-order valence-electron chi connectivity index (χ0n) is 15.5. The molecule has 2 N–H and O–H groups in total.